The summed E-state index contributed by atoms with van der Waals surface area (Å²) in [4.78, 5) is 0. The summed E-state index contributed by atoms with van der Waals surface area (Å²) < 4.78 is 10.5. The van der Waals surface area contributed by atoms with Gasteiger partial charge in [-0.05, 0) is 49.2 Å². The summed E-state index contributed by atoms with van der Waals surface area (Å²) >= 11 is 2.32. The van der Waals surface area contributed by atoms with Gasteiger partial charge in [-0.2, -0.15) is 0 Å². The Hall–Kier alpha value is -1.67. The first-order chi connectivity index (χ1) is 10.6. The number of ether oxygens (including phenoxy) is 2. The van der Waals surface area contributed by atoms with Crippen molar-refractivity contribution in [1.82, 2.24) is 0 Å². The molecule has 0 bridgehead atoms. The molecule has 0 fully saturated rings. The first kappa shape index (κ1) is 16.7. The fourth-order valence-corrected chi connectivity index (χ4v) is 2.95. The molecule has 0 aliphatic carbocycles. The maximum absolute atomic E-state index is 5.84. The molecule has 2 nitrogen and oxygen atoms in total. The summed E-state index contributed by atoms with van der Waals surface area (Å²) in [6.07, 6.45) is 5.84. The Kier molecular flexibility index (Phi) is 5.73. The fourth-order valence-electron chi connectivity index (χ4n) is 2.23. The molecule has 114 valence electrons. The van der Waals surface area contributed by atoms with Crippen LogP contribution in [0.1, 0.15) is 25.0 Å². The second-order valence-electron chi connectivity index (χ2n) is 4.72. The number of terminal acetylenes is 1. The van der Waals surface area contributed by atoms with Gasteiger partial charge in [0.15, 0.2) is 0 Å². The van der Waals surface area contributed by atoms with Gasteiger partial charge in [0.25, 0.3) is 0 Å². The average molecular weight is 406 g/mol. The first-order valence-corrected chi connectivity index (χ1v) is 8.35. The molecule has 0 aliphatic rings. The van der Waals surface area contributed by atoms with E-state index in [4.69, 9.17) is 15.9 Å². The van der Waals surface area contributed by atoms with E-state index in [9.17, 15) is 0 Å². The molecular weight excluding hydrogens is 387 g/mol. The molecule has 0 amide bonds. The molecule has 0 N–H and O–H groups in total. The second-order valence-corrected chi connectivity index (χ2v) is 6.34. The monoisotopic (exact) mass is 406 g/mol. The van der Waals surface area contributed by atoms with Crippen LogP contribution in [-0.4, -0.2) is 13.2 Å². The normalized spacial score (nSPS) is 10.8. The highest BCUT2D eigenvalue weighted by Crippen LogP contribution is 2.39. The Bertz CT molecular complexity index is 589. The van der Waals surface area contributed by atoms with E-state index >= 15 is 0 Å². The summed E-state index contributed by atoms with van der Waals surface area (Å²) in [6, 6.07) is 15.9. The lowest BCUT2D eigenvalue weighted by molar-refractivity contribution is 0.340. The minimum atomic E-state index is -0.507. The minimum absolute atomic E-state index is 0.507. The van der Waals surface area contributed by atoms with Crippen LogP contribution >= 0.6 is 22.6 Å². The van der Waals surface area contributed by atoms with Crippen LogP contribution in [0.5, 0.6) is 11.5 Å². The van der Waals surface area contributed by atoms with E-state index in [0.29, 0.717) is 13.2 Å². The lowest BCUT2D eigenvalue weighted by atomic mass is 9.92. The molecule has 0 spiro atoms. The van der Waals surface area contributed by atoms with Crippen molar-refractivity contribution in [2.75, 3.05) is 13.2 Å². The van der Waals surface area contributed by atoms with Crippen molar-refractivity contribution in [3.05, 3.63) is 59.7 Å². The molecule has 2 aromatic carbocycles. The molecule has 0 radical (unpaired) electrons. The largest absolute Gasteiger partial charge is 0.494 e. The third-order valence-electron chi connectivity index (χ3n) is 3.33. The van der Waals surface area contributed by atoms with Crippen molar-refractivity contribution in [2.45, 2.75) is 17.3 Å². The molecule has 0 saturated heterocycles. The maximum atomic E-state index is 5.84. The standard InChI is InChI=1S/C19H19IO2/c1-4-19(20,15-7-11-17(12-8-15)21-5-2)16-9-13-18(14-10-16)22-6-3/h1,7-14H,5-6H2,2-3H3. The molecule has 0 heterocycles. The van der Waals surface area contributed by atoms with Gasteiger partial charge in [0.2, 0.25) is 0 Å². The van der Waals surface area contributed by atoms with Crippen LogP contribution in [0, 0.1) is 12.3 Å². The highest BCUT2D eigenvalue weighted by molar-refractivity contribution is 14.1. The summed E-state index contributed by atoms with van der Waals surface area (Å²) in [5, 5.41) is 0. The quantitative estimate of drug-likeness (QED) is 0.390. The molecule has 0 saturated carbocycles. The highest BCUT2D eigenvalue weighted by Gasteiger charge is 2.28. The van der Waals surface area contributed by atoms with E-state index in [1.54, 1.807) is 0 Å². The average Bonchev–Trinajstić information content (AvgIpc) is 2.56. The van der Waals surface area contributed by atoms with E-state index in [0.717, 1.165) is 22.6 Å². The van der Waals surface area contributed by atoms with Gasteiger partial charge in [-0.25, -0.2) is 0 Å². The number of alkyl halides is 1. The Morgan fingerprint density at radius 3 is 1.50 bits per heavy atom. The van der Waals surface area contributed by atoms with Crippen LogP contribution in [0.2, 0.25) is 0 Å². The molecule has 0 unspecified atom stereocenters. The first-order valence-electron chi connectivity index (χ1n) is 7.27. The van der Waals surface area contributed by atoms with Crippen LogP contribution in [0.15, 0.2) is 48.5 Å². The van der Waals surface area contributed by atoms with Gasteiger partial charge in [0.05, 0.1) is 13.2 Å². The second kappa shape index (κ2) is 7.55. The minimum Gasteiger partial charge on any atom is -0.494 e. The Morgan fingerprint density at radius 1 is 0.864 bits per heavy atom. The molecule has 0 aromatic heterocycles. The molecule has 0 aliphatic heterocycles. The molecule has 3 heteroatoms. The van der Waals surface area contributed by atoms with Gasteiger partial charge in [-0.15, -0.1) is 6.42 Å². The summed E-state index contributed by atoms with van der Waals surface area (Å²) in [7, 11) is 0. The van der Waals surface area contributed by atoms with Gasteiger partial charge >= 0.3 is 0 Å². The lowest BCUT2D eigenvalue weighted by Crippen LogP contribution is -2.17. The predicted molar refractivity (Wildman–Crippen MR) is 98.9 cm³/mol. The van der Waals surface area contributed by atoms with Gasteiger partial charge in [-0.1, -0.05) is 52.8 Å². The van der Waals surface area contributed by atoms with Gasteiger partial charge in [0.1, 0.15) is 14.9 Å². The number of hydrogen-bond donors (Lipinski definition) is 0. The van der Waals surface area contributed by atoms with Crippen LogP contribution < -0.4 is 9.47 Å². The maximum Gasteiger partial charge on any atom is 0.132 e. The van der Waals surface area contributed by atoms with Gasteiger partial charge in [-0.3, -0.25) is 0 Å². The summed E-state index contributed by atoms with van der Waals surface area (Å²) in [5.41, 5.74) is 2.12. The van der Waals surface area contributed by atoms with Crippen molar-refractivity contribution < 1.29 is 9.47 Å². The van der Waals surface area contributed by atoms with Crippen LogP contribution in [0.25, 0.3) is 0 Å². The van der Waals surface area contributed by atoms with E-state index in [2.05, 4.69) is 28.5 Å². The zero-order valence-electron chi connectivity index (χ0n) is 12.8. The molecule has 2 rings (SSSR count). The topological polar surface area (TPSA) is 18.5 Å². The summed E-state index contributed by atoms with van der Waals surface area (Å²) in [6.45, 7) is 5.25. The molecule has 2 aromatic rings. The Balaban J connectivity index is 2.33. The molecule has 0 atom stereocenters. The lowest BCUT2D eigenvalue weighted by Gasteiger charge is -2.23. The summed E-state index contributed by atoms with van der Waals surface area (Å²) in [5.74, 6) is 4.63. The van der Waals surface area contributed by atoms with Crippen molar-refractivity contribution in [3.8, 4) is 23.8 Å². The van der Waals surface area contributed by atoms with Crippen molar-refractivity contribution >= 4 is 22.6 Å². The van der Waals surface area contributed by atoms with Crippen LogP contribution in [0.3, 0.4) is 0 Å². The molecular formula is C19H19IO2. The van der Waals surface area contributed by atoms with Crippen molar-refractivity contribution in [1.29, 1.82) is 0 Å². The van der Waals surface area contributed by atoms with E-state index in [-0.39, 0.29) is 0 Å². The van der Waals surface area contributed by atoms with E-state index in [1.165, 1.54) is 0 Å². The van der Waals surface area contributed by atoms with Gasteiger partial charge in [0, 0.05) is 0 Å². The number of halogens is 1. The predicted octanol–water partition coefficient (Wildman–Crippen LogP) is 4.80. The van der Waals surface area contributed by atoms with Crippen LogP contribution in [0.4, 0.5) is 0 Å². The Labute approximate surface area is 146 Å². The smallest absolute Gasteiger partial charge is 0.132 e. The van der Waals surface area contributed by atoms with Gasteiger partial charge < -0.3 is 9.47 Å². The Morgan fingerprint density at radius 2 is 1.23 bits per heavy atom. The SMILES string of the molecule is C#CC(I)(c1ccc(OCC)cc1)c1ccc(OCC)cc1. The number of rotatable bonds is 6. The fraction of sp³-hybridized carbons (Fsp3) is 0.263. The zero-order valence-corrected chi connectivity index (χ0v) is 15.0. The van der Waals surface area contributed by atoms with Crippen LogP contribution in [-0.2, 0) is 3.42 Å². The zero-order chi connectivity index (χ0) is 16.0. The third-order valence-corrected chi connectivity index (χ3v) is 4.88. The molecule has 22 heavy (non-hydrogen) atoms. The van der Waals surface area contributed by atoms with Crippen molar-refractivity contribution in [2.24, 2.45) is 0 Å². The van der Waals surface area contributed by atoms with E-state index < -0.39 is 3.42 Å². The number of hydrogen-bond acceptors (Lipinski definition) is 2. The highest BCUT2D eigenvalue weighted by atomic mass is 127. The number of benzene rings is 2. The third kappa shape index (κ3) is 3.56. The van der Waals surface area contributed by atoms with Crippen molar-refractivity contribution in [3.63, 3.8) is 0 Å². The van der Waals surface area contributed by atoms with E-state index in [1.807, 2.05) is 62.4 Å².